The number of nitrogens with one attached hydrogen (secondary N) is 3. The van der Waals surface area contributed by atoms with Gasteiger partial charge in [0, 0.05) is 52.0 Å². The fourth-order valence-electron chi connectivity index (χ4n) is 3.06. The van der Waals surface area contributed by atoms with E-state index in [2.05, 4.69) is 35.8 Å². The van der Waals surface area contributed by atoms with Gasteiger partial charge in [-0.15, -0.1) is 24.0 Å². The third-order valence-corrected chi connectivity index (χ3v) is 4.66. The number of nitrogens with zero attached hydrogens (tertiary/aromatic N) is 4. The maximum absolute atomic E-state index is 12.7. The maximum Gasteiger partial charge on any atom is 0.433 e. The number of ether oxygens (including phenoxy) is 1. The molecule has 3 N–H and O–H groups in total. The van der Waals surface area contributed by atoms with Crippen LogP contribution in [-0.4, -0.2) is 79.4 Å². The zero-order valence-electron chi connectivity index (χ0n) is 18.2. The zero-order chi connectivity index (χ0) is 22.0. The second kappa shape index (κ2) is 13.9. The van der Waals surface area contributed by atoms with Crippen molar-refractivity contribution in [1.29, 1.82) is 0 Å². The number of aliphatic imine (C=N–C) groups is 1. The summed E-state index contributed by atoms with van der Waals surface area (Å²) in [5.74, 6) is 0.617. The Morgan fingerprint density at radius 2 is 2.00 bits per heavy atom. The highest BCUT2D eigenvalue weighted by atomic mass is 127. The number of aromatic nitrogens is 2. The first-order valence-corrected chi connectivity index (χ1v) is 10.2. The standard InChI is InChI=1S/C19H32F3N7O.HI/c1-14(2)30-13-12-29-10-5-15(6-11-29)27-17(23-3)25-8-9-26-18-24-7-4-16(28-18)19(20,21)22;/h4,7,14-15H,5-6,8-13H2,1-3H3,(H2,23,25,27)(H,24,26,28);1H. The molecule has 0 aromatic carbocycles. The average molecular weight is 559 g/mol. The van der Waals surface area contributed by atoms with Gasteiger partial charge in [-0.3, -0.25) is 4.99 Å². The van der Waals surface area contributed by atoms with Crippen LogP contribution in [0, 0.1) is 0 Å². The van der Waals surface area contributed by atoms with E-state index in [1.165, 1.54) is 0 Å². The van der Waals surface area contributed by atoms with E-state index in [4.69, 9.17) is 4.74 Å². The van der Waals surface area contributed by atoms with Crippen LogP contribution in [0.3, 0.4) is 0 Å². The van der Waals surface area contributed by atoms with Gasteiger partial charge in [-0.2, -0.15) is 13.2 Å². The molecule has 0 aliphatic carbocycles. The molecule has 0 bridgehead atoms. The molecular formula is C19H33F3IN7O. The van der Waals surface area contributed by atoms with E-state index in [0.29, 0.717) is 25.1 Å². The fourth-order valence-corrected chi connectivity index (χ4v) is 3.06. The molecule has 12 heteroatoms. The summed E-state index contributed by atoms with van der Waals surface area (Å²) in [6.07, 6.45) is -1.11. The second-order valence-electron chi connectivity index (χ2n) is 7.37. The van der Waals surface area contributed by atoms with Gasteiger partial charge in [0.05, 0.1) is 12.7 Å². The molecule has 2 rings (SSSR count). The van der Waals surface area contributed by atoms with Crippen LogP contribution in [-0.2, 0) is 10.9 Å². The number of anilines is 1. The smallest absolute Gasteiger partial charge is 0.377 e. The van der Waals surface area contributed by atoms with E-state index < -0.39 is 11.9 Å². The number of hydrogen-bond donors (Lipinski definition) is 3. The number of piperidine rings is 1. The molecule has 8 nitrogen and oxygen atoms in total. The van der Waals surface area contributed by atoms with E-state index in [1.54, 1.807) is 7.05 Å². The topological polar surface area (TPSA) is 86.7 Å². The molecule has 0 saturated carbocycles. The molecule has 178 valence electrons. The van der Waals surface area contributed by atoms with Crippen LogP contribution in [0.5, 0.6) is 0 Å². The van der Waals surface area contributed by atoms with Gasteiger partial charge in [0.1, 0.15) is 5.69 Å². The van der Waals surface area contributed by atoms with Crippen LogP contribution in [0.1, 0.15) is 32.4 Å². The Morgan fingerprint density at radius 1 is 1.29 bits per heavy atom. The Kier molecular flexibility index (Phi) is 12.4. The Labute approximate surface area is 198 Å². The van der Waals surface area contributed by atoms with Crippen molar-refractivity contribution in [2.75, 3.05) is 51.7 Å². The van der Waals surface area contributed by atoms with Gasteiger partial charge in [-0.1, -0.05) is 0 Å². The van der Waals surface area contributed by atoms with Crippen molar-refractivity contribution in [2.24, 2.45) is 4.99 Å². The summed E-state index contributed by atoms with van der Waals surface area (Å²) in [4.78, 5) is 13.9. The minimum atomic E-state index is -4.49. The molecule has 1 fully saturated rings. The van der Waals surface area contributed by atoms with Crippen molar-refractivity contribution in [3.05, 3.63) is 18.0 Å². The van der Waals surface area contributed by atoms with Crippen molar-refractivity contribution in [1.82, 2.24) is 25.5 Å². The van der Waals surface area contributed by atoms with Crippen LogP contribution in [0.4, 0.5) is 19.1 Å². The molecule has 1 saturated heterocycles. The van der Waals surface area contributed by atoms with E-state index in [0.717, 1.165) is 51.3 Å². The highest BCUT2D eigenvalue weighted by Gasteiger charge is 2.32. The van der Waals surface area contributed by atoms with E-state index in [-0.39, 0.29) is 36.0 Å². The average Bonchev–Trinajstić information content (AvgIpc) is 2.71. The van der Waals surface area contributed by atoms with Crippen molar-refractivity contribution in [3.63, 3.8) is 0 Å². The summed E-state index contributed by atoms with van der Waals surface area (Å²) in [5, 5.41) is 9.34. The lowest BCUT2D eigenvalue weighted by molar-refractivity contribution is -0.141. The van der Waals surface area contributed by atoms with E-state index in [9.17, 15) is 13.2 Å². The third kappa shape index (κ3) is 10.6. The lowest BCUT2D eigenvalue weighted by Gasteiger charge is -2.33. The van der Waals surface area contributed by atoms with Gasteiger partial charge >= 0.3 is 6.18 Å². The molecule has 0 radical (unpaired) electrons. The summed E-state index contributed by atoms with van der Waals surface area (Å²) < 4.78 is 43.7. The Morgan fingerprint density at radius 3 is 2.61 bits per heavy atom. The summed E-state index contributed by atoms with van der Waals surface area (Å²) in [6, 6.07) is 1.18. The van der Waals surface area contributed by atoms with Gasteiger partial charge in [-0.05, 0) is 32.8 Å². The van der Waals surface area contributed by atoms with Crippen LogP contribution in [0.2, 0.25) is 0 Å². The van der Waals surface area contributed by atoms with Gasteiger partial charge in [0.2, 0.25) is 5.95 Å². The number of guanidine groups is 1. The molecule has 0 amide bonds. The SMILES string of the molecule is CN=C(NCCNc1nccc(C(F)(F)F)n1)NC1CCN(CCOC(C)C)CC1.I. The number of likely N-dealkylation sites (tertiary alicyclic amines) is 1. The predicted molar refractivity (Wildman–Crippen MR) is 126 cm³/mol. The van der Waals surface area contributed by atoms with Crippen LogP contribution >= 0.6 is 24.0 Å². The lowest BCUT2D eigenvalue weighted by Crippen LogP contribution is -2.49. The maximum atomic E-state index is 12.7. The summed E-state index contributed by atoms with van der Waals surface area (Å²) in [5.41, 5.74) is -0.965. The summed E-state index contributed by atoms with van der Waals surface area (Å²) in [7, 11) is 1.69. The van der Waals surface area contributed by atoms with E-state index in [1.807, 2.05) is 13.8 Å². The molecular weight excluding hydrogens is 526 g/mol. The molecule has 1 aromatic heterocycles. The van der Waals surface area contributed by atoms with Crippen LogP contribution < -0.4 is 16.0 Å². The fraction of sp³-hybridized carbons (Fsp3) is 0.737. The molecule has 1 aliphatic heterocycles. The molecule has 0 spiro atoms. The highest BCUT2D eigenvalue weighted by molar-refractivity contribution is 14.0. The van der Waals surface area contributed by atoms with Crippen molar-refractivity contribution in [3.8, 4) is 0 Å². The van der Waals surface area contributed by atoms with Gasteiger partial charge < -0.3 is 25.6 Å². The quantitative estimate of drug-likeness (QED) is 0.186. The van der Waals surface area contributed by atoms with Crippen molar-refractivity contribution >= 4 is 35.9 Å². The van der Waals surface area contributed by atoms with Gasteiger partial charge in [-0.25, -0.2) is 9.97 Å². The number of alkyl halides is 3. The summed E-state index contributed by atoms with van der Waals surface area (Å²) in [6.45, 7) is 8.60. The minimum Gasteiger partial charge on any atom is -0.377 e. The Balaban J connectivity index is 0.00000480. The zero-order valence-corrected chi connectivity index (χ0v) is 20.5. The number of rotatable bonds is 9. The predicted octanol–water partition coefficient (Wildman–Crippen LogP) is 2.58. The first kappa shape index (κ1) is 27.6. The Bertz CT molecular complexity index is 668. The number of hydrogen-bond acceptors (Lipinski definition) is 6. The summed E-state index contributed by atoms with van der Waals surface area (Å²) >= 11 is 0. The molecule has 1 aromatic rings. The third-order valence-electron chi connectivity index (χ3n) is 4.66. The molecule has 0 unspecified atom stereocenters. The normalized spacial score (nSPS) is 16.2. The van der Waals surface area contributed by atoms with E-state index >= 15 is 0 Å². The van der Waals surface area contributed by atoms with Gasteiger partial charge in [0.25, 0.3) is 0 Å². The first-order chi connectivity index (χ1) is 14.3. The second-order valence-corrected chi connectivity index (χ2v) is 7.37. The minimum absolute atomic E-state index is 0. The Hall–Kier alpha value is -1.41. The van der Waals surface area contributed by atoms with Crippen LogP contribution in [0.25, 0.3) is 0 Å². The van der Waals surface area contributed by atoms with Crippen molar-refractivity contribution < 1.29 is 17.9 Å². The molecule has 0 atom stereocenters. The number of halogens is 4. The molecule has 2 heterocycles. The van der Waals surface area contributed by atoms with Gasteiger partial charge in [0.15, 0.2) is 5.96 Å². The molecule has 31 heavy (non-hydrogen) atoms. The highest BCUT2D eigenvalue weighted by Crippen LogP contribution is 2.27. The monoisotopic (exact) mass is 559 g/mol. The largest absolute Gasteiger partial charge is 0.433 e. The lowest BCUT2D eigenvalue weighted by atomic mass is 10.1. The molecule has 1 aliphatic rings. The van der Waals surface area contributed by atoms with Crippen molar-refractivity contribution in [2.45, 2.75) is 45.0 Å². The first-order valence-electron chi connectivity index (χ1n) is 10.2. The van der Waals surface area contributed by atoms with Crippen LogP contribution in [0.15, 0.2) is 17.3 Å².